The molecule has 0 atom stereocenters. The smallest absolute Gasteiger partial charge is 0.340 e. The number of anilines is 2. The maximum atomic E-state index is 13.9. The predicted molar refractivity (Wildman–Crippen MR) is 74.1 cm³/mol. The van der Waals surface area contributed by atoms with Gasteiger partial charge in [-0.3, -0.25) is 4.79 Å². The molecular formula is C13H18FN3O3. The van der Waals surface area contributed by atoms with Crippen LogP contribution in [0.25, 0.3) is 0 Å². The summed E-state index contributed by atoms with van der Waals surface area (Å²) in [6, 6.07) is 2.33. The summed E-state index contributed by atoms with van der Waals surface area (Å²) < 4.78 is 18.7. The van der Waals surface area contributed by atoms with E-state index < -0.39 is 11.8 Å². The van der Waals surface area contributed by atoms with Gasteiger partial charge in [0.25, 0.3) is 0 Å². The maximum Gasteiger partial charge on any atom is 0.340 e. The molecule has 0 unspecified atom stereocenters. The van der Waals surface area contributed by atoms with Crippen LogP contribution in [0.3, 0.4) is 0 Å². The standard InChI is InChI=1S/C13H18FN3O3/c1-4-20-13(19)8-5-11(9(14)6-10(8)15)17(3)7-12(18)16-2/h5-6H,4,7,15H2,1-3H3,(H,16,18). The fourth-order valence-corrected chi connectivity index (χ4v) is 1.63. The first-order valence-electron chi connectivity index (χ1n) is 6.08. The van der Waals surface area contributed by atoms with Crippen LogP contribution in [0.15, 0.2) is 12.1 Å². The number of carbonyl (C=O) groups is 2. The van der Waals surface area contributed by atoms with Crippen LogP contribution in [0.5, 0.6) is 0 Å². The van der Waals surface area contributed by atoms with Gasteiger partial charge in [0.2, 0.25) is 5.91 Å². The molecule has 0 aliphatic heterocycles. The zero-order valence-electron chi connectivity index (χ0n) is 11.7. The van der Waals surface area contributed by atoms with E-state index in [-0.39, 0.29) is 36.0 Å². The molecular weight excluding hydrogens is 265 g/mol. The monoisotopic (exact) mass is 283 g/mol. The topological polar surface area (TPSA) is 84.7 Å². The second kappa shape index (κ2) is 6.74. The second-order valence-corrected chi connectivity index (χ2v) is 4.14. The number of amides is 1. The number of ether oxygens (including phenoxy) is 1. The molecule has 110 valence electrons. The van der Waals surface area contributed by atoms with E-state index in [0.717, 1.165) is 6.07 Å². The molecule has 20 heavy (non-hydrogen) atoms. The molecule has 1 amide bonds. The Kier molecular flexibility index (Phi) is 5.31. The van der Waals surface area contributed by atoms with E-state index in [0.29, 0.717) is 0 Å². The van der Waals surface area contributed by atoms with Crippen LogP contribution in [0.4, 0.5) is 15.8 Å². The Morgan fingerprint density at radius 1 is 1.45 bits per heavy atom. The second-order valence-electron chi connectivity index (χ2n) is 4.14. The summed E-state index contributed by atoms with van der Waals surface area (Å²) in [4.78, 5) is 24.4. The van der Waals surface area contributed by atoms with E-state index in [4.69, 9.17) is 10.5 Å². The number of nitrogens with one attached hydrogen (secondary N) is 1. The third-order valence-electron chi connectivity index (χ3n) is 2.69. The number of nitrogens with two attached hydrogens (primary N) is 1. The van der Waals surface area contributed by atoms with E-state index in [1.54, 1.807) is 14.0 Å². The molecule has 0 spiro atoms. The van der Waals surface area contributed by atoms with Gasteiger partial charge in [-0.2, -0.15) is 0 Å². The molecule has 0 aromatic heterocycles. The van der Waals surface area contributed by atoms with Crippen molar-refractivity contribution in [1.82, 2.24) is 5.32 Å². The van der Waals surface area contributed by atoms with Gasteiger partial charge in [0, 0.05) is 19.8 Å². The predicted octanol–water partition coefficient (Wildman–Crippen LogP) is 0.767. The summed E-state index contributed by atoms with van der Waals surface area (Å²) >= 11 is 0. The third kappa shape index (κ3) is 3.59. The highest BCUT2D eigenvalue weighted by molar-refractivity contribution is 5.96. The number of benzene rings is 1. The molecule has 0 bridgehead atoms. The number of rotatable bonds is 5. The first-order valence-corrected chi connectivity index (χ1v) is 6.08. The van der Waals surface area contributed by atoms with Crippen LogP contribution < -0.4 is 16.0 Å². The largest absolute Gasteiger partial charge is 0.462 e. The molecule has 0 fully saturated rings. The van der Waals surface area contributed by atoms with Crippen LogP contribution in [-0.4, -0.2) is 39.1 Å². The lowest BCUT2D eigenvalue weighted by atomic mass is 10.1. The first kappa shape index (κ1) is 15.7. The summed E-state index contributed by atoms with van der Waals surface area (Å²) in [6.07, 6.45) is 0. The van der Waals surface area contributed by atoms with Crippen molar-refractivity contribution in [3.63, 3.8) is 0 Å². The average molecular weight is 283 g/mol. The van der Waals surface area contributed by atoms with Crippen molar-refractivity contribution in [3.05, 3.63) is 23.5 Å². The number of nitrogen functional groups attached to an aromatic ring is 1. The Balaban J connectivity index is 3.10. The summed E-state index contributed by atoms with van der Waals surface area (Å²) in [6.45, 7) is 1.81. The van der Waals surface area contributed by atoms with Crippen molar-refractivity contribution in [2.75, 3.05) is 37.9 Å². The van der Waals surface area contributed by atoms with Gasteiger partial charge in [0.05, 0.1) is 24.4 Å². The molecule has 1 aromatic rings. The van der Waals surface area contributed by atoms with E-state index in [2.05, 4.69) is 5.32 Å². The summed E-state index contributed by atoms with van der Waals surface area (Å²) in [5.74, 6) is -1.51. The molecule has 0 aliphatic carbocycles. The molecule has 3 N–H and O–H groups in total. The highest BCUT2D eigenvalue weighted by Gasteiger charge is 2.18. The minimum atomic E-state index is -0.625. The minimum Gasteiger partial charge on any atom is -0.462 e. The highest BCUT2D eigenvalue weighted by atomic mass is 19.1. The molecule has 6 nitrogen and oxygen atoms in total. The number of carbonyl (C=O) groups excluding carboxylic acids is 2. The Morgan fingerprint density at radius 3 is 2.65 bits per heavy atom. The van der Waals surface area contributed by atoms with Crippen molar-refractivity contribution in [2.24, 2.45) is 0 Å². The van der Waals surface area contributed by atoms with E-state index in [1.165, 1.54) is 18.0 Å². The zero-order valence-corrected chi connectivity index (χ0v) is 11.7. The maximum absolute atomic E-state index is 13.9. The lowest BCUT2D eigenvalue weighted by Crippen LogP contribution is -2.33. The van der Waals surface area contributed by atoms with Crippen LogP contribution >= 0.6 is 0 Å². The van der Waals surface area contributed by atoms with Gasteiger partial charge in [-0.1, -0.05) is 0 Å². The van der Waals surface area contributed by atoms with Crippen molar-refractivity contribution >= 4 is 23.3 Å². The number of likely N-dealkylation sites (N-methyl/N-ethyl adjacent to an activating group) is 2. The quantitative estimate of drug-likeness (QED) is 0.616. The lowest BCUT2D eigenvalue weighted by Gasteiger charge is -2.20. The molecule has 0 radical (unpaired) electrons. The molecule has 7 heteroatoms. The number of nitrogens with zero attached hydrogens (tertiary/aromatic N) is 1. The Hall–Kier alpha value is -2.31. The van der Waals surface area contributed by atoms with Gasteiger partial charge in [0.15, 0.2) is 0 Å². The fourth-order valence-electron chi connectivity index (χ4n) is 1.63. The number of hydrogen-bond acceptors (Lipinski definition) is 5. The molecule has 0 saturated heterocycles. The van der Waals surface area contributed by atoms with Crippen molar-refractivity contribution in [2.45, 2.75) is 6.92 Å². The molecule has 0 heterocycles. The fraction of sp³-hybridized carbons (Fsp3) is 0.385. The summed E-state index contributed by atoms with van der Waals surface area (Å²) in [7, 11) is 3.03. The van der Waals surface area contributed by atoms with Crippen LogP contribution in [0.1, 0.15) is 17.3 Å². The highest BCUT2D eigenvalue weighted by Crippen LogP contribution is 2.25. The van der Waals surface area contributed by atoms with Crippen molar-refractivity contribution in [3.8, 4) is 0 Å². The summed E-state index contributed by atoms with van der Waals surface area (Å²) in [5, 5.41) is 2.43. The number of esters is 1. The van der Waals surface area contributed by atoms with Crippen molar-refractivity contribution < 1.29 is 18.7 Å². The molecule has 1 aromatic carbocycles. The molecule has 0 aliphatic rings. The Labute approximate surface area is 116 Å². The Bertz CT molecular complexity index is 520. The average Bonchev–Trinajstić information content (AvgIpc) is 2.38. The number of halogens is 1. The molecule has 0 saturated carbocycles. The summed E-state index contributed by atoms with van der Waals surface area (Å²) in [5.41, 5.74) is 5.79. The van der Waals surface area contributed by atoms with Gasteiger partial charge in [-0.05, 0) is 19.1 Å². The van der Waals surface area contributed by atoms with Gasteiger partial charge in [-0.15, -0.1) is 0 Å². The van der Waals surface area contributed by atoms with Gasteiger partial charge < -0.3 is 20.7 Å². The normalized spacial score (nSPS) is 10.0. The van der Waals surface area contributed by atoms with Crippen LogP contribution in [0.2, 0.25) is 0 Å². The SMILES string of the molecule is CCOC(=O)c1cc(N(C)CC(=O)NC)c(F)cc1N. The lowest BCUT2D eigenvalue weighted by molar-refractivity contribution is -0.119. The van der Waals surface area contributed by atoms with Gasteiger partial charge in [0.1, 0.15) is 5.82 Å². The Morgan fingerprint density at radius 2 is 2.10 bits per heavy atom. The zero-order chi connectivity index (χ0) is 15.3. The third-order valence-corrected chi connectivity index (χ3v) is 2.69. The van der Waals surface area contributed by atoms with E-state index >= 15 is 0 Å². The van der Waals surface area contributed by atoms with Gasteiger partial charge in [-0.25, -0.2) is 9.18 Å². The van der Waals surface area contributed by atoms with E-state index in [9.17, 15) is 14.0 Å². The first-order chi connectivity index (χ1) is 9.40. The van der Waals surface area contributed by atoms with Crippen molar-refractivity contribution in [1.29, 1.82) is 0 Å². The van der Waals surface area contributed by atoms with Crippen LogP contribution in [0, 0.1) is 5.82 Å². The van der Waals surface area contributed by atoms with Gasteiger partial charge >= 0.3 is 5.97 Å². The number of hydrogen-bond donors (Lipinski definition) is 2. The van der Waals surface area contributed by atoms with E-state index in [1.807, 2.05) is 0 Å². The minimum absolute atomic E-state index is 0.00181. The van der Waals surface area contributed by atoms with Crippen LogP contribution in [-0.2, 0) is 9.53 Å². The molecule has 1 rings (SSSR count).